The van der Waals surface area contributed by atoms with Crippen LogP contribution in [0, 0.1) is 0 Å². The molecule has 130 valence electrons. The standard InChI is InChI=1S/C21H18N2O3/c22-20(24)18-8-4-5-9-19(18)23-21(25)16-10-12-17(13-11-16)26-14-15-6-2-1-3-7-15/h1-13H,14H2,(H2,22,24)(H,23,25). The molecule has 0 bridgehead atoms. The van der Waals surface area contributed by atoms with Gasteiger partial charge in [0.05, 0.1) is 11.3 Å². The van der Waals surface area contributed by atoms with E-state index < -0.39 is 5.91 Å². The fourth-order valence-electron chi connectivity index (χ4n) is 2.44. The van der Waals surface area contributed by atoms with Gasteiger partial charge in [-0.05, 0) is 42.0 Å². The maximum absolute atomic E-state index is 12.4. The molecule has 0 saturated carbocycles. The Morgan fingerprint density at radius 1 is 0.846 bits per heavy atom. The largest absolute Gasteiger partial charge is 0.489 e. The monoisotopic (exact) mass is 346 g/mol. The molecule has 3 aromatic rings. The van der Waals surface area contributed by atoms with Crippen LogP contribution in [0.5, 0.6) is 5.75 Å². The highest BCUT2D eigenvalue weighted by Gasteiger charge is 2.11. The Balaban J connectivity index is 1.65. The molecule has 3 rings (SSSR count). The number of carbonyl (C=O) groups excluding carboxylic acids is 2. The van der Waals surface area contributed by atoms with E-state index in [-0.39, 0.29) is 11.5 Å². The van der Waals surface area contributed by atoms with Crippen LogP contribution in [0.1, 0.15) is 26.3 Å². The van der Waals surface area contributed by atoms with Crippen LogP contribution in [0.2, 0.25) is 0 Å². The van der Waals surface area contributed by atoms with E-state index in [0.717, 1.165) is 5.56 Å². The summed E-state index contributed by atoms with van der Waals surface area (Å²) in [5, 5.41) is 2.70. The quantitative estimate of drug-likeness (QED) is 0.715. The van der Waals surface area contributed by atoms with E-state index in [1.165, 1.54) is 0 Å². The lowest BCUT2D eigenvalue weighted by Gasteiger charge is -2.10. The van der Waals surface area contributed by atoms with Crippen LogP contribution in [0.15, 0.2) is 78.9 Å². The summed E-state index contributed by atoms with van der Waals surface area (Å²) in [6.07, 6.45) is 0. The molecular weight excluding hydrogens is 328 g/mol. The molecule has 0 saturated heterocycles. The van der Waals surface area contributed by atoms with E-state index in [4.69, 9.17) is 10.5 Å². The SMILES string of the molecule is NC(=O)c1ccccc1NC(=O)c1ccc(OCc2ccccc2)cc1. The van der Waals surface area contributed by atoms with Gasteiger partial charge in [0.2, 0.25) is 0 Å². The van der Waals surface area contributed by atoms with Crippen molar-refractivity contribution in [2.75, 3.05) is 5.32 Å². The van der Waals surface area contributed by atoms with Gasteiger partial charge in [-0.1, -0.05) is 42.5 Å². The molecule has 0 heterocycles. The third kappa shape index (κ3) is 4.27. The van der Waals surface area contributed by atoms with E-state index >= 15 is 0 Å². The summed E-state index contributed by atoms with van der Waals surface area (Å²) in [6, 6.07) is 23.3. The van der Waals surface area contributed by atoms with Gasteiger partial charge < -0.3 is 15.8 Å². The molecule has 26 heavy (non-hydrogen) atoms. The molecule has 0 aliphatic heterocycles. The molecule has 0 atom stereocenters. The number of primary amides is 1. The topological polar surface area (TPSA) is 81.4 Å². The number of amides is 2. The molecule has 0 spiro atoms. The number of rotatable bonds is 6. The van der Waals surface area contributed by atoms with Crippen LogP contribution in [0.4, 0.5) is 5.69 Å². The smallest absolute Gasteiger partial charge is 0.255 e. The molecule has 0 aliphatic carbocycles. The zero-order chi connectivity index (χ0) is 18.4. The van der Waals surface area contributed by atoms with Gasteiger partial charge in [0.25, 0.3) is 11.8 Å². The lowest BCUT2D eigenvalue weighted by atomic mass is 10.1. The average Bonchev–Trinajstić information content (AvgIpc) is 2.68. The number of hydrogen-bond acceptors (Lipinski definition) is 3. The molecule has 0 aromatic heterocycles. The highest BCUT2D eigenvalue weighted by atomic mass is 16.5. The summed E-state index contributed by atoms with van der Waals surface area (Å²) >= 11 is 0. The molecule has 0 aliphatic rings. The van der Waals surface area contributed by atoms with E-state index in [9.17, 15) is 9.59 Å². The third-order valence-corrected chi connectivity index (χ3v) is 3.81. The summed E-state index contributed by atoms with van der Waals surface area (Å²) in [5.41, 5.74) is 7.50. The Morgan fingerprint density at radius 3 is 2.19 bits per heavy atom. The van der Waals surface area contributed by atoms with Crippen molar-refractivity contribution in [3.63, 3.8) is 0 Å². The molecule has 0 fully saturated rings. The Morgan fingerprint density at radius 2 is 1.50 bits per heavy atom. The maximum Gasteiger partial charge on any atom is 0.255 e. The van der Waals surface area contributed by atoms with Crippen molar-refractivity contribution in [3.05, 3.63) is 95.6 Å². The lowest BCUT2D eigenvalue weighted by Crippen LogP contribution is -2.18. The summed E-state index contributed by atoms with van der Waals surface area (Å²) in [5.74, 6) is -0.248. The van der Waals surface area contributed by atoms with Crippen molar-refractivity contribution in [3.8, 4) is 5.75 Å². The van der Waals surface area contributed by atoms with Crippen molar-refractivity contribution in [1.82, 2.24) is 0 Å². The number of ether oxygens (including phenoxy) is 1. The van der Waals surface area contributed by atoms with Crippen LogP contribution >= 0.6 is 0 Å². The summed E-state index contributed by atoms with van der Waals surface area (Å²) in [6.45, 7) is 0.457. The minimum absolute atomic E-state index is 0.267. The van der Waals surface area contributed by atoms with Crippen molar-refractivity contribution in [1.29, 1.82) is 0 Å². The number of anilines is 1. The normalized spacial score (nSPS) is 10.2. The van der Waals surface area contributed by atoms with E-state index in [1.807, 2.05) is 30.3 Å². The number of para-hydroxylation sites is 1. The fraction of sp³-hybridized carbons (Fsp3) is 0.0476. The number of carbonyl (C=O) groups is 2. The van der Waals surface area contributed by atoms with Crippen molar-refractivity contribution >= 4 is 17.5 Å². The van der Waals surface area contributed by atoms with Crippen molar-refractivity contribution in [2.45, 2.75) is 6.61 Å². The maximum atomic E-state index is 12.4. The second-order valence-corrected chi connectivity index (χ2v) is 5.66. The zero-order valence-corrected chi connectivity index (χ0v) is 14.0. The first-order chi connectivity index (χ1) is 12.6. The van der Waals surface area contributed by atoms with E-state index in [2.05, 4.69) is 5.32 Å². The second kappa shape index (κ2) is 7.98. The van der Waals surface area contributed by atoms with Crippen LogP contribution in [0.3, 0.4) is 0 Å². The number of nitrogens with two attached hydrogens (primary N) is 1. The Bertz CT molecular complexity index is 906. The first-order valence-corrected chi connectivity index (χ1v) is 8.10. The Kier molecular flexibility index (Phi) is 5.29. The van der Waals surface area contributed by atoms with Gasteiger partial charge in [0.1, 0.15) is 12.4 Å². The summed E-state index contributed by atoms with van der Waals surface area (Å²) in [4.78, 5) is 23.8. The van der Waals surface area contributed by atoms with Crippen LogP contribution in [-0.2, 0) is 6.61 Å². The predicted octanol–water partition coefficient (Wildman–Crippen LogP) is 3.62. The Labute approximate surface area is 151 Å². The first kappa shape index (κ1) is 17.2. The number of hydrogen-bond donors (Lipinski definition) is 2. The highest BCUT2D eigenvalue weighted by Crippen LogP contribution is 2.18. The minimum atomic E-state index is -0.592. The molecule has 5 heteroatoms. The van der Waals surface area contributed by atoms with Crippen LogP contribution < -0.4 is 15.8 Å². The summed E-state index contributed by atoms with van der Waals surface area (Å²) < 4.78 is 5.70. The third-order valence-electron chi connectivity index (χ3n) is 3.81. The molecule has 5 nitrogen and oxygen atoms in total. The van der Waals surface area contributed by atoms with Gasteiger partial charge in [-0.15, -0.1) is 0 Å². The average molecular weight is 346 g/mol. The lowest BCUT2D eigenvalue weighted by molar-refractivity contribution is 0.100. The first-order valence-electron chi connectivity index (χ1n) is 8.10. The van der Waals surface area contributed by atoms with Gasteiger partial charge in [-0.3, -0.25) is 9.59 Å². The molecule has 3 N–H and O–H groups in total. The van der Waals surface area contributed by atoms with E-state index in [1.54, 1.807) is 48.5 Å². The van der Waals surface area contributed by atoms with Gasteiger partial charge in [-0.25, -0.2) is 0 Å². The molecule has 0 radical (unpaired) electrons. The van der Waals surface area contributed by atoms with Crippen molar-refractivity contribution < 1.29 is 14.3 Å². The second-order valence-electron chi connectivity index (χ2n) is 5.66. The van der Waals surface area contributed by atoms with Crippen LogP contribution in [0.25, 0.3) is 0 Å². The molecular formula is C21H18N2O3. The number of nitrogens with one attached hydrogen (secondary N) is 1. The minimum Gasteiger partial charge on any atom is -0.489 e. The van der Waals surface area contributed by atoms with Crippen LogP contribution in [-0.4, -0.2) is 11.8 Å². The summed E-state index contributed by atoms with van der Waals surface area (Å²) in [7, 11) is 0. The van der Waals surface area contributed by atoms with Gasteiger partial charge in [0.15, 0.2) is 0 Å². The van der Waals surface area contributed by atoms with Gasteiger partial charge in [-0.2, -0.15) is 0 Å². The van der Waals surface area contributed by atoms with Gasteiger partial charge in [0, 0.05) is 5.56 Å². The fourth-order valence-corrected chi connectivity index (χ4v) is 2.44. The van der Waals surface area contributed by atoms with Gasteiger partial charge >= 0.3 is 0 Å². The molecule has 2 amide bonds. The Hall–Kier alpha value is -3.60. The molecule has 3 aromatic carbocycles. The van der Waals surface area contributed by atoms with E-state index in [0.29, 0.717) is 23.6 Å². The zero-order valence-electron chi connectivity index (χ0n) is 14.0. The predicted molar refractivity (Wildman–Crippen MR) is 100 cm³/mol. The molecule has 0 unspecified atom stereocenters. The van der Waals surface area contributed by atoms with Crippen molar-refractivity contribution in [2.24, 2.45) is 5.73 Å². The number of benzene rings is 3. The highest BCUT2D eigenvalue weighted by molar-refractivity contribution is 6.08.